The van der Waals surface area contributed by atoms with Crippen molar-refractivity contribution in [3.8, 4) is 0 Å². The van der Waals surface area contributed by atoms with Crippen LogP contribution in [0.25, 0.3) is 0 Å². The summed E-state index contributed by atoms with van der Waals surface area (Å²) in [5.41, 5.74) is 0.788. The van der Waals surface area contributed by atoms with E-state index in [0.717, 1.165) is 29.5 Å². The molecule has 1 saturated heterocycles. The number of halogens is 2. The quantitative estimate of drug-likeness (QED) is 0.895. The van der Waals surface area contributed by atoms with Crippen molar-refractivity contribution >= 4 is 15.9 Å². The van der Waals surface area contributed by atoms with Gasteiger partial charge in [-0.05, 0) is 31.4 Å². The molecule has 0 bridgehead atoms. The topological polar surface area (TPSA) is 15.3 Å². The summed E-state index contributed by atoms with van der Waals surface area (Å²) in [7, 11) is 0. The van der Waals surface area contributed by atoms with Crippen molar-refractivity contribution in [2.75, 3.05) is 13.1 Å². The van der Waals surface area contributed by atoms with Gasteiger partial charge in [-0.3, -0.25) is 4.90 Å². The lowest BCUT2D eigenvalue weighted by atomic mass is 9.98. The van der Waals surface area contributed by atoms with Gasteiger partial charge in [-0.1, -0.05) is 35.8 Å². The normalized spacial score (nSPS) is 24.3. The summed E-state index contributed by atoms with van der Waals surface area (Å²) in [6, 6.07) is 6.32. The third kappa shape index (κ3) is 4.27. The summed E-state index contributed by atoms with van der Waals surface area (Å²) >= 11 is 3.31. The summed E-state index contributed by atoms with van der Waals surface area (Å²) < 4.78 is 14.8. The lowest BCUT2D eigenvalue weighted by molar-refractivity contribution is 0.110. The maximum atomic E-state index is 14.0. The molecular weight excluding hydrogens is 319 g/mol. The highest BCUT2D eigenvalue weighted by atomic mass is 79.9. The van der Waals surface area contributed by atoms with Gasteiger partial charge >= 0.3 is 0 Å². The highest BCUT2D eigenvalue weighted by Crippen LogP contribution is 2.21. The summed E-state index contributed by atoms with van der Waals surface area (Å²) in [5, 5.41) is 3.53. The molecule has 1 aliphatic rings. The van der Waals surface area contributed by atoms with Crippen molar-refractivity contribution in [2.45, 2.75) is 45.8 Å². The van der Waals surface area contributed by atoms with Crippen molar-refractivity contribution in [3.05, 3.63) is 34.1 Å². The van der Waals surface area contributed by atoms with Gasteiger partial charge in [-0.2, -0.15) is 0 Å². The summed E-state index contributed by atoms with van der Waals surface area (Å²) in [6.07, 6.45) is 1.15. The molecule has 0 saturated carbocycles. The van der Waals surface area contributed by atoms with E-state index in [-0.39, 0.29) is 5.82 Å². The van der Waals surface area contributed by atoms with Gasteiger partial charge in [0.05, 0.1) is 0 Å². The number of nitrogens with one attached hydrogen (secondary N) is 1. The van der Waals surface area contributed by atoms with Crippen LogP contribution in [0.2, 0.25) is 0 Å². The summed E-state index contributed by atoms with van der Waals surface area (Å²) in [5.74, 6) is 0.543. The van der Waals surface area contributed by atoms with Gasteiger partial charge in [0, 0.05) is 41.8 Å². The Labute approximate surface area is 129 Å². The lowest BCUT2D eigenvalue weighted by Gasteiger charge is -2.40. The van der Waals surface area contributed by atoms with E-state index in [1.807, 2.05) is 12.1 Å². The van der Waals surface area contributed by atoms with Crippen LogP contribution in [0.5, 0.6) is 0 Å². The van der Waals surface area contributed by atoms with Gasteiger partial charge in [0.25, 0.3) is 0 Å². The Hall–Kier alpha value is -0.450. The zero-order valence-corrected chi connectivity index (χ0v) is 14.1. The van der Waals surface area contributed by atoms with Crippen LogP contribution in [0.3, 0.4) is 0 Å². The third-order valence-electron chi connectivity index (χ3n) is 3.86. The molecule has 2 unspecified atom stereocenters. The van der Waals surface area contributed by atoms with E-state index in [4.69, 9.17) is 0 Å². The molecule has 1 aliphatic heterocycles. The van der Waals surface area contributed by atoms with Gasteiger partial charge < -0.3 is 5.32 Å². The second-order valence-corrected chi connectivity index (χ2v) is 7.17. The molecular formula is C16H24BrFN2. The SMILES string of the molecule is CC(C)CC1CNC(C)CN1Cc1ccc(Br)cc1F. The van der Waals surface area contributed by atoms with Crippen molar-refractivity contribution in [3.63, 3.8) is 0 Å². The van der Waals surface area contributed by atoms with Crippen molar-refractivity contribution < 1.29 is 4.39 Å². The van der Waals surface area contributed by atoms with Crippen LogP contribution >= 0.6 is 15.9 Å². The summed E-state index contributed by atoms with van der Waals surface area (Å²) in [6.45, 7) is 9.36. The summed E-state index contributed by atoms with van der Waals surface area (Å²) in [4.78, 5) is 2.42. The van der Waals surface area contributed by atoms with Crippen LogP contribution in [0.1, 0.15) is 32.8 Å². The Balaban J connectivity index is 2.10. The van der Waals surface area contributed by atoms with E-state index in [1.54, 1.807) is 6.07 Å². The van der Waals surface area contributed by atoms with Gasteiger partial charge in [0.2, 0.25) is 0 Å². The van der Waals surface area contributed by atoms with E-state index in [0.29, 0.717) is 24.5 Å². The first-order valence-electron chi connectivity index (χ1n) is 7.37. The van der Waals surface area contributed by atoms with Crippen LogP contribution in [-0.4, -0.2) is 30.1 Å². The van der Waals surface area contributed by atoms with E-state index in [9.17, 15) is 4.39 Å². The molecule has 2 nitrogen and oxygen atoms in total. The monoisotopic (exact) mass is 342 g/mol. The largest absolute Gasteiger partial charge is 0.311 e. The smallest absolute Gasteiger partial charge is 0.128 e. The Morgan fingerprint density at radius 2 is 2.20 bits per heavy atom. The zero-order valence-electron chi connectivity index (χ0n) is 12.5. The Bertz CT molecular complexity index is 450. The average Bonchev–Trinajstić information content (AvgIpc) is 2.35. The Kier molecular flexibility index (Phi) is 5.58. The molecule has 0 radical (unpaired) electrons. The minimum absolute atomic E-state index is 0.117. The van der Waals surface area contributed by atoms with E-state index >= 15 is 0 Å². The Morgan fingerprint density at radius 1 is 1.45 bits per heavy atom. The molecule has 20 heavy (non-hydrogen) atoms. The molecule has 1 N–H and O–H groups in total. The van der Waals surface area contributed by atoms with E-state index in [1.165, 1.54) is 0 Å². The zero-order chi connectivity index (χ0) is 14.7. The predicted molar refractivity (Wildman–Crippen MR) is 85.2 cm³/mol. The first kappa shape index (κ1) is 15.9. The maximum Gasteiger partial charge on any atom is 0.128 e. The first-order chi connectivity index (χ1) is 9.45. The van der Waals surface area contributed by atoms with Crippen molar-refractivity contribution in [1.82, 2.24) is 10.2 Å². The fraction of sp³-hybridized carbons (Fsp3) is 0.625. The molecule has 112 valence electrons. The van der Waals surface area contributed by atoms with Crippen LogP contribution < -0.4 is 5.32 Å². The van der Waals surface area contributed by atoms with Crippen LogP contribution in [-0.2, 0) is 6.54 Å². The van der Waals surface area contributed by atoms with Gasteiger partial charge in [-0.15, -0.1) is 0 Å². The van der Waals surface area contributed by atoms with Gasteiger partial charge in [-0.25, -0.2) is 4.39 Å². The molecule has 2 rings (SSSR count). The van der Waals surface area contributed by atoms with Crippen LogP contribution in [0.15, 0.2) is 22.7 Å². The third-order valence-corrected chi connectivity index (χ3v) is 4.35. The molecule has 1 aromatic rings. The second kappa shape index (κ2) is 7.01. The highest BCUT2D eigenvalue weighted by molar-refractivity contribution is 9.10. The molecule has 0 spiro atoms. The van der Waals surface area contributed by atoms with Crippen LogP contribution in [0, 0.1) is 11.7 Å². The van der Waals surface area contributed by atoms with Crippen molar-refractivity contribution in [2.24, 2.45) is 5.92 Å². The van der Waals surface area contributed by atoms with Gasteiger partial charge in [0.1, 0.15) is 5.82 Å². The van der Waals surface area contributed by atoms with Crippen molar-refractivity contribution in [1.29, 1.82) is 0 Å². The molecule has 0 amide bonds. The number of rotatable bonds is 4. The number of hydrogen-bond acceptors (Lipinski definition) is 2. The minimum Gasteiger partial charge on any atom is -0.311 e. The predicted octanol–water partition coefficient (Wildman–Crippen LogP) is 3.80. The number of hydrogen-bond donors (Lipinski definition) is 1. The molecule has 0 aromatic heterocycles. The van der Waals surface area contributed by atoms with E-state index < -0.39 is 0 Å². The first-order valence-corrected chi connectivity index (χ1v) is 8.16. The average molecular weight is 343 g/mol. The molecule has 0 aliphatic carbocycles. The molecule has 4 heteroatoms. The van der Waals surface area contributed by atoms with E-state index in [2.05, 4.69) is 46.9 Å². The fourth-order valence-corrected chi connectivity index (χ4v) is 3.20. The fourth-order valence-electron chi connectivity index (χ4n) is 2.87. The number of piperazine rings is 1. The van der Waals surface area contributed by atoms with Gasteiger partial charge in [0.15, 0.2) is 0 Å². The molecule has 1 heterocycles. The standard InChI is InChI=1S/C16H24BrFN2/c1-11(2)6-15-8-19-12(3)9-20(15)10-13-4-5-14(17)7-16(13)18/h4-5,7,11-12,15,19H,6,8-10H2,1-3H3. The number of benzene rings is 1. The molecule has 1 fully saturated rings. The lowest BCUT2D eigenvalue weighted by Crippen LogP contribution is -2.55. The highest BCUT2D eigenvalue weighted by Gasteiger charge is 2.26. The minimum atomic E-state index is -0.117. The second-order valence-electron chi connectivity index (χ2n) is 6.26. The molecule has 2 atom stereocenters. The Morgan fingerprint density at radius 3 is 2.85 bits per heavy atom. The number of nitrogens with zero attached hydrogens (tertiary/aromatic N) is 1. The molecule has 1 aromatic carbocycles. The maximum absolute atomic E-state index is 14.0. The van der Waals surface area contributed by atoms with Crippen LogP contribution in [0.4, 0.5) is 4.39 Å².